The Labute approximate surface area is 194 Å². The van der Waals surface area contributed by atoms with Gasteiger partial charge in [-0.2, -0.15) is 0 Å². The molecule has 2 amide bonds. The molecule has 1 fully saturated rings. The van der Waals surface area contributed by atoms with Gasteiger partial charge in [-0.15, -0.1) is 11.3 Å². The Morgan fingerprint density at radius 3 is 2.50 bits per heavy atom. The number of nitrogens with zero attached hydrogens (tertiary/aromatic N) is 2. The molecule has 32 heavy (non-hydrogen) atoms. The van der Waals surface area contributed by atoms with Crippen LogP contribution in [0.15, 0.2) is 30.3 Å². The monoisotopic (exact) mass is 455 g/mol. The highest BCUT2D eigenvalue weighted by atomic mass is 32.1. The van der Waals surface area contributed by atoms with Gasteiger partial charge in [-0.25, -0.2) is 0 Å². The molecule has 7 heteroatoms. The zero-order valence-electron chi connectivity index (χ0n) is 18.9. The van der Waals surface area contributed by atoms with Crippen LogP contribution in [0.25, 0.3) is 0 Å². The van der Waals surface area contributed by atoms with Crippen molar-refractivity contribution in [1.82, 2.24) is 4.90 Å². The summed E-state index contributed by atoms with van der Waals surface area (Å²) in [4.78, 5) is 31.8. The van der Waals surface area contributed by atoms with Crippen molar-refractivity contribution in [3.63, 3.8) is 0 Å². The number of hydrogen-bond donors (Lipinski definition) is 1. The number of hydrogen-bond acceptors (Lipinski definition) is 5. The number of nitrogens with one attached hydrogen (secondary N) is 1. The van der Waals surface area contributed by atoms with Gasteiger partial charge in [0.1, 0.15) is 6.54 Å². The third kappa shape index (κ3) is 5.70. The minimum atomic E-state index is -0.172. The average molecular weight is 456 g/mol. The molecule has 1 aromatic carbocycles. The van der Waals surface area contributed by atoms with E-state index in [1.54, 1.807) is 16.2 Å². The van der Waals surface area contributed by atoms with E-state index in [2.05, 4.69) is 16.3 Å². The van der Waals surface area contributed by atoms with E-state index in [0.717, 1.165) is 55.4 Å². The van der Waals surface area contributed by atoms with Crippen LogP contribution >= 0.6 is 11.3 Å². The summed E-state index contributed by atoms with van der Waals surface area (Å²) in [6, 6.07) is 9.94. The number of fused-ring (bicyclic) bond motifs is 1. The maximum Gasteiger partial charge on any atom is 0.264 e. The summed E-state index contributed by atoms with van der Waals surface area (Å²) in [5.41, 5.74) is 3.21. The number of morpholine rings is 1. The van der Waals surface area contributed by atoms with E-state index in [4.69, 9.17) is 4.74 Å². The van der Waals surface area contributed by atoms with E-state index in [-0.39, 0.29) is 18.4 Å². The molecule has 1 aliphatic carbocycles. The van der Waals surface area contributed by atoms with Crippen molar-refractivity contribution in [3.05, 3.63) is 45.6 Å². The first kappa shape index (κ1) is 22.8. The molecule has 2 heterocycles. The molecule has 1 aliphatic heterocycles. The predicted molar refractivity (Wildman–Crippen MR) is 130 cm³/mol. The standard InChI is InChI=1S/C25H33N3O3S/c1-2-27(25(30)23-17-19-7-5-3-4-6-8-22(19)32-23)18-24(29)26-20-9-11-21(12-10-20)28-13-15-31-16-14-28/h9-12,17H,2-8,13-16,18H2,1H3,(H,26,29). The molecule has 0 atom stereocenters. The molecule has 0 unspecified atom stereocenters. The lowest BCUT2D eigenvalue weighted by atomic mass is 10.00. The van der Waals surface area contributed by atoms with Gasteiger partial charge in [-0.05, 0) is 68.5 Å². The van der Waals surface area contributed by atoms with Crippen LogP contribution in [0, 0.1) is 0 Å². The fraction of sp³-hybridized carbons (Fsp3) is 0.520. The van der Waals surface area contributed by atoms with Crippen molar-refractivity contribution < 1.29 is 14.3 Å². The van der Waals surface area contributed by atoms with Crippen LogP contribution in [0.1, 0.15) is 52.7 Å². The highest BCUT2D eigenvalue weighted by molar-refractivity contribution is 7.14. The Morgan fingerprint density at radius 2 is 1.78 bits per heavy atom. The van der Waals surface area contributed by atoms with Crippen LogP contribution in [0.5, 0.6) is 0 Å². The lowest BCUT2D eigenvalue weighted by molar-refractivity contribution is -0.116. The number of anilines is 2. The summed E-state index contributed by atoms with van der Waals surface area (Å²) < 4.78 is 5.40. The van der Waals surface area contributed by atoms with Gasteiger partial charge in [0, 0.05) is 35.9 Å². The van der Waals surface area contributed by atoms with Crippen LogP contribution < -0.4 is 10.2 Å². The van der Waals surface area contributed by atoms with E-state index in [1.807, 2.05) is 31.2 Å². The SMILES string of the molecule is CCN(CC(=O)Nc1ccc(N2CCOCC2)cc1)C(=O)c1cc2c(s1)CCCCCC2. The molecule has 6 nitrogen and oxygen atoms in total. The zero-order chi connectivity index (χ0) is 22.3. The van der Waals surface area contributed by atoms with Gasteiger partial charge in [-0.1, -0.05) is 12.8 Å². The Hall–Kier alpha value is -2.38. The largest absolute Gasteiger partial charge is 0.378 e. The van der Waals surface area contributed by atoms with E-state index in [9.17, 15) is 9.59 Å². The van der Waals surface area contributed by atoms with Gasteiger partial charge >= 0.3 is 0 Å². The van der Waals surface area contributed by atoms with E-state index in [0.29, 0.717) is 6.54 Å². The minimum Gasteiger partial charge on any atom is -0.378 e. The topological polar surface area (TPSA) is 61.9 Å². The van der Waals surface area contributed by atoms with Crippen molar-refractivity contribution in [2.45, 2.75) is 45.4 Å². The summed E-state index contributed by atoms with van der Waals surface area (Å²) in [5, 5.41) is 2.94. The zero-order valence-corrected chi connectivity index (χ0v) is 19.7. The molecule has 1 N–H and O–H groups in total. The maximum absolute atomic E-state index is 13.1. The van der Waals surface area contributed by atoms with Gasteiger partial charge in [0.15, 0.2) is 0 Å². The van der Waals surface area contributed by atoms with Crippen molar-refractivity contribution >= 4 is 34.5 Å². The first-order chi connectivity index (χ1) is 15.6. The van der Waals surface area contributed by atoms with Crippen LogP contribution in [-0.2, 0) is 22.4 Å². The molecular weight excluding hydrogens is 422 g/mol. The minimum absolute atomic E-state index is 0.0398. The van der Waals surface area contributed by atoms with Crippen molar-refractivity contribution in [2.24, 2.45) is 0 Å². The number of rotatable bonds is 6. The molecule has 172 valence electrons. The second-order valence-electron chi connectivity index (χ2n) is 8.49. The molecule has 0 saturated carbocycles. The highest BCUT2D eigenvalue weighted by Gasteiger charge is 2.22. The van der Waals surface area contributed by atoms with Gasteiger partial charge in [0.05, 0.1) is 18.1 Å². The number of carbonyl (C=O) groups is 2. The Balaban J connectivity index is 1.35. The van der Waals surface area contributed by atoms with E-state index < -0.39 is 0 Å². The second-order valence-corrected chi connectivity index (χ2v) is 9.62. The van der Waals surface area contributed by atoms with Crippen LogP contribution in [-0.4, -0.2) is 56.1 Å². The molecule has 2 aromatic rings. The first-order valence-electron chi connectivity index (χ1n) is 11.8. The Morgan fingerprint density at radius 1 is 1.06 bits per heavy atom. The molecule has 0 spiro atoms. The van der Waals surface area contributed by atoms with E-state index >= 15 is 0 Å². The van der Waals surface area contributed by atoms with Gasteiger partial charge < -0.3 is 19.9 Å². The van der Waals surface area contributed by atoms with Crippen molar-refractivity contribution in [3.8, 4) is 0 Å². The number of ether oxygens (including phenoxy) is 1. The number of amides is 2. The fourth-order valence-corrected chi connectivity index (χ4v) is 5.61. The Kier molecular flexibility index (Phi) is 7.81. The van der Waals surface area contributed by atoms with Gasteiger partial charge in [0.25, 0.3) is 5.91 Å². The average Bonchev–Trinajstić information content (AvgIpc) is 3.20. The Bertz CT molecular complexity index is 894. The number of benzene rings is 1. The molecule has 0 radical (unpaired) electrons. The highest BCUT2D eigenvalue weighted by Crippen LogP contribution is 2.29. The smallest absolute Gasteiger partial charge is 0.264 e. The summed E-state index contributed by atoms with van der Waals surface area (Å²) >= 11 is 1.62. The fourth-order valence-electron chi connectivity index (χ4n) is 4.38. The number of carbonyl (C=O) groups excluding carboxylic acids is 2. The normalized spacial score (nSPS) is 16.6. The molecular formula is C25H33N3O3S. The van der Waals surface area contributed by atoms with Crippen molar-refractivity contribution in [1.29, 1.82) is 0 Å². The number of thiophene rings is 1. The molecule has 0 bridgehead atoms. The molecule has 1 saturated heterocycles. The van der Waals surface area contributed by atoms with Crippen LogP contribution in [0.2, 0.25) is 0 Å². The summed E-state index contributed by atoms with van der Waals surface area (Å²) in [6.07, 6.45) is 7.07. The number of likely N-dealkylation sites (N-methyl/N-ethyl adjacent to an activating group) is 1. The van der Waals surface area contributed by atoms with Gasteiger partial charge in [-0.3, -0.25) is 9.59 Å². The lowest BCUT2D eigenvalue weighted by Crippen LogP contribution is -2.37. The summed E-state index contributed by atoms with van der Waals surface area (Å²) in [6.45, 7) is 5.73. The molecule has 4 rings (SSSR count). The maximum atomic E-state index is 13.1. The molecule has 1 aromatic heterocycles. The lowest BCUT2D eigenvalue weighted by Gasteiger charge is -2.29. The van der Waals surface area contributed by atoms with Crippen LogP contribution in [0.3, 0.4) is 0 Å². The molecule has 2 aliphatic rings. The van der Waals surface area contributed by atoms with E-state index in [1.165, 1.54) is 36.1 Å². The third-order valence-electron chi connectivity index (χ3n) is 6.24. The van der Waals surface area contributed by atoms with Gasteiger partial charge in [0.2, 0.25) is 5.91 Å². The number of aryl methyl sites for hydroxylation is 2. The van der Waals surface area contributed by atoms with Crippen molar-refractivity contribution in [2.75, 3.05) is 49.6 Å². The predicted octanol–water partition coefficient (Wildman–Crippen LogP) is 4.34. The third-order valence-corrected chi connectivity index (χ3v) is 7.46. The second kappa shape index (κ2) is 11.0. The van der Waals surface area contributed by atoms with Crippen LogP contribution in [0.4, 0.5) is 11.4 Å². The summed E-state index contributed by atoms with van der Waals surface area (Å²) in [7, 11) is 0. The summed E-state index contributed by atoms with van der Waals surface area (Å²) in [5.74, 6) is -0.212. The first-order valence-corrected chi connectivity index (χ1v) is 12.6. The quantitative estimate of drug-likeness (QED) is 0.704.